The number of rotatable bonds is 0. The minimum absolute atomic E-state index is 0.390. The summed E-state index contributed by atoms with van der Waals surface area (Å²) in [5.41, 5.74) is 0. The molecule has 72 valence electrons. The molecule has 0 aromatic carbocycles. The standard InChI is InChI=1S/C8H16O4/c1-3-5(9)4(2)7(11)8(12)6(3)10/h3-12H,1-2H3. The Bertz CT molecular complexity index is 103. The van der Waals surface area contributed by atoms with E-state index in [0.29, 0.717) is 0 Å². The summed E-state index contributed by atoms with van der Waals surface area (Å²) in [7, 11) is 0. The molecule has 0 bridgehead atoms. The highest BCUT2D eigenvalue weighted by molar-refractivity contribution is 4.94. The van der Waals surface area contributed by atoms with Crippen molar-refractivity contribution >= 4 is 0 Å². The van der Waals surface area contributed by atoms with Crippen molar-refractivity contribution in [3.05, 3.63) is 0 Å². The second-order valence-corrected chi connectivity index (χ2v) is 3.68. The highest BCUT2D eigenvalue weighted by Gasteiger charge is 2.44. The van der Waals surface area contributed by atoms with Crippen molar-refractivity contribution in [2.75, 3.05) is 0 Å². The number of hydrogen-bond donors (Lipinski definition) is 4. The Hall–Kier alpha value is -0.160. The molecule has 0 saturated heterocycles. The quantitative estimate of drug-likeness (QED) is 0.370. The largest absolute Gasteiger partial charge is 0.392 e. The molecule has 1 rings (SSSR count). The highest BCUT2D eigenvalue weighted by atomic mass is 16.4. The molecule has 1 aliphatic rings. The van der Waals surface area contributed by atoms with Gasteiger partial charge in [0.15, 0.2) is 0 Å². The number of aliphatic hydroxyl groups is 4. The molecule has 0 aliphatic heterocycles. The second kappa shape index (κ2) is 3.30. The Labute approximate surface area is 71.5 Å². The average Bonchev–Trinajstić information content (AvgIpc) is 2.08. The van der Waals surface area contributed by atoms with Gasteiger partial charge in [-0.15, -0.1) is 0 Å². The molecule has 4 N–H and O–H groups in total. The van der Waals surface area contributed by atoms with E-state index in [9.17, 15) is 20.4 Å². The Morgan fingerprint density at radius 2 is 0.917 bits per heavy atom. The molecular formula is C8H16O4. The maximum atomic E-state index is 9.47. The van der Waals surface area contributed by atoms with E-state index in [1.165, 1.54) is 0 Å². The summed E-state index contributed by atoms with van der Waals surface area (Å²) >= 11 is 0. The Kier molecular flexibility index (Phi) is 2.73. The van der Waals surface area contributed by atoms with Gasteiger partial charge in [-0.1, -0.05) is 13.8 Å². The molecule has 12 heavy (non-hydrogen) atoms. The van der Waals surface area contributed by atoms with Gasteiger partial charge < -0.3 is 20.4 Å². The van der Waals surface area contributed by atoms with Gasteiger partial charge in [-0.2, -0.15) is 0 Å². The van der Waals surface area contributed by atoms with Crippen LogP contribution < -0.4 is 0 Å². The summed E-state index contributed by atoms with van der Waals surface area (Å²) < 4.78 is 0. The zero-order valence-electron chi connectivity index (χ0n) is 7.25. The van der Waals surface area contributed by atoms with Crippen LogP contribution in [0.1, 0.15) is 13.8 Å². The van der Waals surface area contributed by atoms with Crippen LogP contribution >= 0.6 is 0 Å². The number of hydrogen-bond acceptors (Lipinski definition) is 4. The van der Waals surface area contributed by atoms with E-state index in [2.05, 4.69) is 0 Å². The van der Waals surface area contributed by atoms with Crippen molar-refractivity contribution in [1.82, 2.24) is 0 Å². The normalized spacial score (nSPS) is 55.5. The maximum absolute atomic E-state index is 9.47. The second-order valence-electron chi connectivity index (χ2n) is 3.68. The predicted octanol–water partition coefficient (Wildman–Crippen LogP) is -1.28. The third-order valence-electron chi connectivity index (χ3n) is 2.85. The zero-order chi connectivity index (χ0) is 9.46. The van der Waals surface area contributed by atoms with E-state index >= 15 is 0 Å². The summed E-state index contributed by atoms with van der Waals surface area (Å²) in [6.07, 6.45) is -3.96. The summed E-state index contributed by atoms with van der Waals surface area (Å²) in [5, 5.41) is 37.4. The van der Waals surface area contributed by atoms with Gasteiger partial charge in [0.05, 0.1) is 18.3 Å². The molecule has 0 spiro atoms. The fourth-order valence-electron chi connectivity index (χ4n) is 1.71. The van der Waals surface area contributed by atoms with E-state index in [4.69, 9.17) is 0 Å². The van der Waals surface area contributed by atoms with E-state index in [0.717, 1.165) is 0 Å². The molecule has 0 heterocycles. The lowest BCUT2D eigenvalue weighted by Crippen LogP contribution is -2.56. The van der Waals surface area contributed by atoms with Gasteiger partial charge in [0.1, 0.15) is 6.10 Å². The smallest absolute Gasteiger partial charge is 0.106 e. The summed E-state index contributed by atoms with van der Waals surface area (Å²) in [5.74, 6) is -0.781. The molecule has 1 aliphatic carbocycles. The molecule has 1 saturated carbocycles. The summed E-state index contributed by atoms with van der Waals surface area (Å²) in [6, 6.07) is 0. The first kappa shape index (κ1) is 9.92. The SMILES string of the molecule is CC1C(O)C(C)C(O)C(O)C1O. The van der Waals surface area contributed by atoms with Crippen molar-refractivity contribution in [2.45, 2.75) is 38.3 Å². The monoisotopic (exact) mass is 176 g/mol. The first-order valence-corrected chi connectivity index (χ1v) is 4.19. The average molecular weight is 176 g/mol. The fourth-order valence-corrected chi connectivity index (χ4v) is 1.71. The maximum Gasteiger partial charge on any atom is 0.106 e. The first-order chi connectivity index (χ1) is 5.46. The summed E-state index contributed by atoms with van der Waals surface area (Å²) in [4.78, 5) is 0. The van der Waals surface area contributed by atoms with Crippen LogP contribution in [0.4, 0.5) is 0 Å². The summed E-state index contributed by atoms with van der Waals surface area (Å²) in [6.45, 7) is 3.31. The van der Waals surface area contributed by atoms with Crippen LogP contribution in [-0.2, 0) is 0 Å². The molecule has 4 atom stereocenters. The van der Waals surface area contributed by atoms with Crippen molar-refractivity contribution in [1.29, 1.82) is 0 Å². The van der Waals surface area contributed by atoms with E-state index in [1.54, 1.807) is 13.8 Å². The van der Waals surface area contributed by atoms with Gasteiger partial charge in [0.25, 0.3) is 0 Å². The van der Waals surface area contributed by atoms with Gasteiger partial charge in [0.2, 0.25) is 0 Å². The Morgan fingerprint density at radius 3 is 1.25 bits per heavy atom. The highest BCUT2D eigenvalue weighted by Crippen LogP contribution is 2.29. The molecule has 4 unspecified atom stereocenters. The van der Waals surface area contributed by atoms with Crippen LogP contribution in [0.3, 0.4) is 0 Å². The van der Waals surface area contributed by atoms with Gasteiger partial charge in [0, 0.05) is 11.8 Å². The zero-order valence-corrected chi connectivity index (χ0v) is 7.25. The Balaban J connectivity index is 2.76. The molecule has 4 heteroatoms. The van der Waals surface area contributed by atoms with Crippen molar-refractivity contribution in [2.24, 2.45) is 11.8 Å². The molecule has 0 radical (unpaired) electrons. The van der Waals surface area contributed by atoms with Crippen LogP contribution in [0.2, 0.25) is 0 Å². The third-order valence-corrected chi connectivity index (χ3v) is 2.85. The molecule has 4 nitrogen and oxygen atoms in total. The molecular weight excluding hydrogens is 160 g/mol. The van der Waals surface area contributed by atoms with E-state index in [-0.39, 0.29) is 0 Å². The van der Waals surface area contributed by atoms with Crippen LogP contribution in [0.25, 0.3) is 0 Å². The van der Waals surface area contributed by atoms with Crippen LogP contribution in [0.15, 0.2) is 0 Å². The molecule has 1 fully saturated rings. The minimum atomic E-state index is -1.14. The van der Waals surface area contributed by atoms with Gasteiger partial charge in [-0.3, -0.25) is 0 Å². The third kappa shape index (κ3) is 1.35. The van der Waals surface area contributed by atoms with Crippen molar-refractivity contribution < 1.29 is 20.4 Å². The Morgan fingerprint density at radius 1 is 0.583 bits per heavy atom. The van der Waals surface area contributed by atoms with Crippen molar-refractivity contribution in [3.8, 4) is 0 Å². The van der Waals surface area contributed by atoms with E-state index < -0.39 is 36.3 Å². The van der Waals surface area contributed by atoms with Crippen LogP contribution in [0.5, 0.6) is 0 Å². The van der Waals surface area contributed by atoms with Gasteiger partial charge >= 0.3 is 0 Å². The molecule has 0 aromatic heterocycles. The van der Waals surface area contributed by atoms with Crippen molar-refractivity contribution in [3.63, 3.8) is 0 Å². The molecule has 0 aromatic rings. The molecule has 0 amide bonds. The lowest BCUT2D eigenvalue weighted by molar-refractivity contribution is -0.172. The predicted molar refractivity (Wildman–Crippen MR) is 42.4 cm³/mol. The first-order valence-electron chi connectivity index (χ1n) is 4.19. The minimum Gasteiger partial charge on any atom is -0.392 e. The van der Waals surface area contributed by atoms with Crippen LogP contribution in [0, 0.1) is 11.8 Å². The van der Waals surface area contributed by atoms with Crippen LogP contribution in [-0.4, -0.2) is 44.8 Å². The fraction of sp³-hybridized carbons (Fsp3) is 1.00. The van der Waals surface area contributed by atoms with E-state index in [1.807, 2.05) is 0 Å². The lowest BCUT2D eigenvalue weighted by atomic mass is 9.75. The van der Waals surface area contributed by atoms with Gasteiger partial charge in [-0.25, -0.2) is 0 Å². The van der Waals surface area contributed by atoms with Gasteiger partial charge in [-0.05, 0) is 0 Å². The number of aliphatic hydroxyl groups excluding tert-OH is 4. The topological polar surface area (TPSA) is 80.9 Å². The lowest BCUT2D eigenvalue weighted by Gasteiger charge is -2.41.